The Morgan fingerprint density at radius 3 is 2.48 bits per heavy atom. The van der Waals surface area contributed by atoms with Gasteiger partial charge in [0.2, 0.25) is 0 Å². The van der Waals surface area contributed by atoms with Crippen molar-refractivity contribution in [3.63, 3.8) is 0 Å². The first-order chi connectivity index (χ1) is 9.92. The van der Waals surface area contributed by atoms with Gasteiger partial charge in [-0.3, -0.25) is 4.98 Å². The number of aryl methyl sites for hydroxylation is 2. The fraction of sp³-hybridized carbons (Fsp3) is 0.722. The average molecular weight is 289 g/mol. The first-order valence-electron chi connectivity index (χ1n) is 8.38. The van der Waals surface area contributed by atoms with Gasteiger partial charge in [0.25, 0.3) is 0 Å². The quantitative estimate of drug-likeness (QED) is 0.916. The van der Waals surface area contributed by atoms with Gasteiger partial charge < -0.3 is 10.2 Å². The van der Waals surface area contributed by atoms with E-state index in [4.69, 9.17) is 0 Å². The molecule has 1 aliphatic rings. The maximum Gasteiger partial charge on any atom is 0.0609 e. The van der Waals surface area contributed by atoms with E-state index in [0.717, 1.165) is 24.5 Å². The summed E-state index contributed by atoms with van der Waals surface area (Å²) in [6.45, 7) is 15.6. The molecule has 1 fully saturated rings. The average Bonchev–Trinajstić information content (AvgIpc) is 2.46. The fourth-order valence-electron chi connectivity index (χ4n) is 3.50. The van der Waals surface area contributed by atoms with Crippen LogP contribution in [0.3, 0.4) is 0 Å². The lowest BCUT2D eigenvalue weighted by Crippen LogP contribution is -2.65. The van der Waals surface area contributed by atoms with Crippen molar-refractivity contribution in [2.45, 2.75) is 66.0 Å². The molecule has 1 saturated heterocycles. The van der Waals surface area contributed by atoms with E-state index >= 15 is 0 Å². The Bertz CT molecular complexity index is 477. The number of nitrogens with zero attached hydrogens (tertiary/aromatic N) is 2. The highest BCUT2D eigenvalue weighted by Crippen LogP contribution is 2.31. The van der Waals surface area contributed by atoms with Crippen molar-refractivity contribution in [3.8, 4) is 0 Å². The second-order valence-electron chi connectivity index (χ2n) is 6.86. The molecule has 1 N–H and O–H groups in total. The second kappa shape index (κ2) is 6.35. The van der Waals surface area contributed by atoms with Crippen LogP contribution in [0.1, 0.15) is 51.9 Å². The topological polar surface area (TPSA) is 28.2 Å². The Morgan fingerprint density at radius 1 is 1.29 bits per heavy atom. The lowest BCUT2D eigenvalue weighted by atomic mass is 9.86. The molecule has 1 unspecified atom stereocenters. The summed E-state index contributed by atoms with van der Waals surface area (Å²) >= 11 is 0. The first-order valence-corrected chi connectivity index (χ1v) is 8.38. The van der Waals surface area contributed by atoms with E-state index in [-0.39, 0.29) is 5.54 Å². The predicted molar refractivity (Wildman–Crippen MR) is 91.0 cm³/mol. The highest BCUT2D eigenvalue weighted by molar-refractivity contribution is 5.53. The van der Waals surface area contributed by atoms with Crippen molar-refractivity contribution in [1.82, 2.24) is 10.3 Å². The lowest BCUT2D eigenvalue weighted by Gasteiger charge is -2.50. The summed E-state index contributed by atoms with van der Waals surface area (Å²) in [6.07, 6.45) is 2.34. The van der Waals surface area contributed by atoms with Crippen molar-refractivity contribution in [3.05, 3.63) is 23.5 Å². The number of piperazine rings is 1. The molecule has 0 saturated carbocycles. The lowest BCUT2D eigenvalue weighted by molar-refractivity contribution is 0.227. The van der Waals surface area contributed by atoms with Crippen molar-refractivity contribution in [2.75, 3.05) is 18.0 Å². The number of anilines is 1. The van der Waals surface area contributed by atoms with Crippen molar-refractivity contribution in [1.29, 1.82) is 0 Å². The van der Waals surface area contributed by atoms with Crippen LogP contribution in [0.4, 0.5) is 5.69 Å². The molecule has 0 aliphatic carbocycles. The molecule has 118 valence electrons. The van der Waals surface area contributed by atoms with Crippen LogP contribution in [0.5, 0.6) is 0 Å². The van der Waals surface area contributed by atoms with Gasteiger partial charge in [-0.05, 0) is 44.7 Å². The van der Waals surface area contributed by atoms with Gasteiger partial charge in [-0.15, -0.1) is 0 Å². The maximum absolute atomic E-state index is 4.68. The molecule has 3 heteroatoms. The van der Waals surface area contributed by atoms with Crippen molar-refractivity contribution in [2.24, 2.45) is 5.92 Å². The molecule has 3 nitrogen and oxygen atoms in total. The minimum Gasteiger partial charge on any atom is -0.364 e. The van der Waals surface area contributed by atoms with E-state index in [0.29, 0.717) is 12.0 Å². The van der Waals surface area contributed by atoms with E-state index in [1.807, 2.05) is 0 Å². The Kier molecular flexibility index (Phi) is 4.92. The van der Waals surface area contributed by atoms with Gasteiger partial charge >= 0.3 is 0 Å². The zero-order valence-electron chi connectivity index (χ0n) is 14.5. The molecule has 1 aliphatic heterocycles. The Balaban J connectivity index is 2.38. The van der Waals surface area contributed by atoms with Gasteiger partial charge in [-0.1, -0.05) is 27.7 Å². The standard InChI is InChI=1S/C18H31N3/c1-7-18(8-2)12-21(17(11-19-18)13(3)4)16-10-9-14(5)20-15(16)6/h9-10,13,17,19H,7-8,11-12H2,1-6H3. The number of pyridine rings is 1. The molecule has 0 spiro atoms. The molecule has 0 radical (unpaired) electrons. The monoisotopic (exact) mass is 289 g/mol. The van der Waals surface area contributed by atoms with Gasteiger partial charge in [0, 0.05) is 30.4 Å². The molecular formula is C18H31N3. The third-order valence-corrected chi connectivity index (χ3v) is 5.19. The number of rotatable bonds is 4. The minimum atomic E-state index is 0.239. The largest absolute Gasteiger partial charge is 0.364 e. The van der Waals surface area contributed by atoms with Gasteiger partial charge in [-0.2, -0.15) is 0 Å². The summed E-state index contributed by atoms with van der Waals surface area (Å²) in [6, 6.07) is 4.94. The highest BCUT2D eigenvalue weighted by atomic mass is 15.3. The van der Waals surface area contributed by atoms with Crippen LogP contribution < -0.4 is 10.2 Å². The Morgan fingerprint density at radius 2 is 1.95 bits per heavy atom. The fourth-order valence-corrected chi connectivity index (χ4v) is 3.50. The zero-order valence-corrected chi connectivity index (χ0v) is 14.5. The number of hydrogen-bond donors (Lipinski definition) is 1. The third kappa shape index (κ3) is 3.23. The van der Waals surface area contributed by atoms with E-state index in [9.17, 15) is 0 Å². The molecule has 2 rings (SSSR count). The van der Waals surface area contributed by atoms with E-state index in [1.165, 1.54) is 18.5 Å². The smallest absolute Gasteiger partial charge is 0.0609 e. The molecule has 0 amide bonds. The van der Waals surface area contributed by atoms with Crippen molar-refractivity contribution >= 4 is 5.69 Å². The minimum absolute atomic E-state index is 0.239. The number of nitrogens with one attached hydrogen (secondary N) is 1. The Hall–Kier alpha value is -1.09. The van der Waals surface area contributed by atoms with Gasteiger partial charge in [-0.25, -0.2) is 0 Å². The van der Waals surface area contributed by atoms with Crippen LogP contribution in [-0.4, -0.2) is 29.7 Å². The highest BCUT2D eigenvalue weighted by Gasteiger charge is 2.38. The zero-order chi connectivity index (χ0) is 15.6. The second-order valence-corrected chi connectivity index (χ2v) is 6.86. The number of hydrogen-bond acceptors (Lipinski definition) is 3. The van der Waals surface area contributed by atoms with Gasteiger partial charge in [0.15, 0.2) is 0 Å². The molecule has 1 aromatic heterocycles. The molecule has 0 bridgehead atoms. The number of aromatic nitrogens is 1. The van der Waals surface area contributed by atoms with E-state index < -0.39 is 0 Å². The van der Waals surface area contributed by atoms with Crippen LogP contribution in [0.15, 0.2) is 12.1 Å². The van der Waals surface area contributed by atoms with Crippen LogP contribution in [0.25, 0.3) is 0 Å². The van der Waals surface area contributed by atoms with Crippen LogP contribution in [-0.2, 0) is 0 Å². The summed E-state index contributed by atoms with van der Waals surface area (Å²) in [5.41, 5.74) is 3.81. The molecule has 21 heavy (non-hydrogen) atoms. The summed E-state index contributed by atoms with van der Waals surface area (Å²) in [4.78, 5) is 7.29. The summed E-state index contributed by atoms with van der Waals surface area (Å²) in [5, 5.41) is 3.83. The van der Waals surface area contributed by atoms with Gasteiger partial charge in [0.05, 0.1) is 11.4 Å². The van der Waals surface area contributed by atoms with Crippen LogP contribution in [0, 0.1) is 19.8 Å². The van der Waals surface area contributed by atoms with Gasteiger partial charge in [0.1, 0.15) is 0 Å². The summed E-state index contributed by atoms with van der Waals surface area (Å²) in [5.74, 6) is 0.630. The SMILES string of the molecule is CCC1(CC)CN(c2ccc(C)nc2C)C(C(C)C)CN1. The predicted octanol–water partition coefficient (Wildman–Crippen LogP) is 3.69. The first kappa shape index (κ1) is 16.3. The third-order valence-electron chi connectivity index (χ3n) is 5.19. The molecule has 0 aromatic carbocycles. The molecule has 1 aromatic rings. The van der Waals surface area contributed by atoms with Crippen LogP contribution in [0.2, 0.25) is 0 Å². The van der Waals surface area contributed by atoms with Crippen molar-refractivity contribution < 1.29 is 0 Å². The van der Waals surface area contributed by atoms with Crippen LogP contribution >= 0.6 is 0 Å². The summed E-state index contributed by atoms with van der Waals surface area (Å²) in [7, 11) is 0. The maximum atomic E-state index is 4.68. The molecule has 1 atom stereocenters. The summed E-state index contributed by atoms with van der Waals surface area (Å²) < 4.78 is 0. The van der Waals surface area contributed by atoms with E-state index in [1.54, 1.807) is 0 Å². The molecule has 2 heterocycles. The Labute approximate surface area is 130 Å². The normalized spacial score (nSPS) is 21.9. The van der Waals surface area contributed by atoms with E-state index in [2.05, 4.69) is 68.9 Å². The molecular weight excluding hydrogens is 258 g/mol.